The molecule has 0 amide bonds. The first-order valence-corrected chi connectivity index (χ1v) is 5.15. The molecule has 0 saturated heterocycles. The molecule has 20 heavy (non-hydrogen) atoms. The zero-order valence-electron chi connectivity index (χ0n) is 8.26. The minimum absolute atomic E-state index is 7.43. The van der Waals surface area contributed by atoms with E-state index in [9.17, 15) is 60.6 Å². The van der Waals surface area contributed by atoms with Gasteiger partial charge >= 0.3 is 39.4 Å². The third-order valence-electron chi connectivity index (χ3n) is 1.82. The van der Waals surface area contributed by atoms with Gasteiger partial charge in [-0.1, -0.05) is 3.89 Å². The van der Waals surface area contributed by atoms with Crippen LogP contribution in [0.1, 0.15) is 0 Å². The molecular weight excluding hydrogens is 352 g/mol. The maximum Gasteiger partial charge on any atom is 0.460 e. The first-order valence-electron chi connectivity index (χ1n) is 3.77. The Morgan fingerprint density at radius 1 is 0.550 bits per heavy atom. The molecule has 15 heteroatoms. The van der Waals surface area contributed by atoms with Crippen LogP contribution in [0.4, 0.5) is 52.2 Å². The van der Waals surface area contributed by atoms with Crippen molar-refractivity contribution >= 4 is 10.2 Å². The zero-order chi connectivity index (χ0) is 17.0. The predicted molar refractivity (Wildman–Crippen MR) is 35.9 cm³/mol. The smallest absolute Gasteiger partial charge is 0.192 e. The van der Waals surface area contributed by atoms with Crippen LogP contribution in [0.15, 0.2) is 0 Å². The number of alkyl halides is 11. The molecule has 0 aliphatic heterocycles. The van der Waals surface area contributed by atoms with Crippen molar-refractivity contribution in [2.24, 2.45) is 0 Å². The standard InChI is InChI=1S/C5F12O2S/c6-1(7,2(8,9)4(12,13)14)3(10,11)5(15,16)20(17,18)19. The van der Waals surface area contributed by atoms with E-state index in [2.05, 4.69) is 0 Å². The highest BCUT2D eigenvalue weighted by Crippen LogP contribution is 2.58. The van der Waals surface area contributed by atoms with E-state index in [1.54, 1.807) is 0 Å². The van der Waals surface area contributed by atoms with Gasteiger partial charge in [-0.2, -0.15) is 56.7 Å². The summed E-state index contributed by atoms with van der Waals surface area (Å²) in [6.45, 7) is 0. The normalized spacial score (nSPS) is 16.4. The van der Waals surface area contributed by atoms with Crippen molar-refractivity contribution in [1.82, 2.24) is 0 Å². The Balaban J connectivity index is 6.22. The lowest BCUT2D eigenvalue weighted by Gasteiger charge is -2.35. The zero-order valence-corrected chi connectivity index (χ0v) is 9.08. The summed E-state index contributed by atoms with van der Waals surface area (Å²) in [5.41, 5.74) is 0. The molecule has 0 unspecified atom stereocenters. The van der Waals surface area contributed by atoms with Gasteiger partial charge in [-0.25, -0.2) is 0 Å². The van der Waals surface area contributed by atoms with Gasteiger partial charge in [0.1, 0.15) is 0 Å². The highest BCUT2D eigenvalue weighted by atomic mass is 32.3. The summed E-state index contributed by atoms with van der Waals surface area (Å²) in [7, 11) is -7.91. The van der Waals surface area contributed by atoms with E-state index in [0.717, 1.165) is 0 Å². The quantitative estimate of drug-likeness (QED) is 0.575. The molecule has 122 valence electrons. The minimum atomic E-state index is -7.94. The predicted octanol–water partition coefficient (Wildman–Crippen LogP) is 3.35. The van der Waals surface area contributed by atoms with Crippen molar-refractivity contribution in [1.29, 1.82) is 0 Å². The van der Waals surface area contributed by atoms with Crippen molar-refractivity contribution in [3.8, 4) is 0 Å². The SMILES string of the molecule is O=S(=O)(F)C(F)(F)C(F)(F)C(F)(F)C(F)(F)C(F)(F)F. The van der Waals surface area contributed by atoms with Crippen molar-refractivity contribution < 1.29 is 60.6 Å². The number of hydrogen-bond acceptors (Lipinski definition) is 2. The molecule has 0 fully saturated rings. The summed E-state index contributed by atoms with van der Waals surface area (Å²) in [4.78, 5) is 0. The molecule has 0 aromatic carbocycles. The Hall–Kier alpha value is -0.890. The van der Waals surface area contributed by atoms with Gasteiger partial charge in [-0.15, -0.1) is 0 Å². The van der Waals surface area contributed by atoms with E-state index in [0.29, 0.717) is 0 Å². The van der Waals surface area contributed by atoms with Gasteiger partial charge < -0.3 is 0 Å². The summed E-state index contributed by atoms with van der Waals surface area (Å²) in [5, 5.41) is -7.52. The van der Waals surface area contributed by atoms with Gasteiger partial charge in [0, 0.05) is 0 Å². The van der Waals surface area contributed by atoms with Crippen LogP contribution < -0.4 is 0 Å². The Morgan fingerprint density at radius 3 is 1.05 bits per heavy atom. The highest BCUT2D eigenvalue weighted by Gasteiger charge is 2.89. The molecule has 2 nitrogen and oxygen atoms in total. The van der Waals surface area contributed by atoms with Crippen LogP contribution in [0.2, 0.25) is 0 Å². The summed E-state index contributed by atoms with van der Waals surface area (Å²) >= 11 is 0. The molecule has 0 aliphatic rings. The fourth-order valence-electron chi connectivity index (χ4n) is 0.711. The van der Waals surface area contributed by atoms with Crippen molar-refractivity contribution in [3.05, 3.63) is 0 Å². The minimum Gasteiger partial charge on any atom is -0.192 e. The van der Waals surface area contributed by atoms with Crippen LogP contribution in [0, 0.1) is 0 Å². The number of halogens is 12. The van der Waals surface area contributed by atoms with Gasteiger partial charge in [0.2, 0.25) is 0 Å². The van der Waals surface area contributed by atoms with Gasteiger partial charge in [-0.05, 0) is 0 Å². The molecule has 0 bridgehead atoms. The second-order valence-electron chi connectivity index (χ2n) is 3.18. The molecule has 0 heterocycles. The Morgan fingerprint density at radius 2 is 0.850 bits per heavy atom. The molecular formula is C5F12O2S. The van der Waals surface area contributed by atoms with E-state index in [1.165, 1.54) is 0 Å². The van der Waals surface area contributed by atoms with Crippen LogP contribution in [0.25, 0.3) is 0 Å². The van der Waals surface area contributed by atoms with E-state index in [4.69, 9.17) is 0 Å². The Labute approximate surface area is 101 Å². The molecule has 0 spiro atoms. The van der Waals surface area contributed by atoms with Gasteiger partial charge in [-0.3, -0.25) is 0 Å². The molecule has 0 aromatic rings. The largest absolute Gasteiger partial charge is 0.460 e. The Bertz CT molecular complexity index is 473. The van der Waals surface area contributed by atoms with E-state index < -0.39 is 39.4 Å². The third kappa shape index (κ3) is 2.28. The van der Waals surface area contributed by atoms with Gasteiger partial charge in [0.05, 0.1) is 0 Å². The number of hydrogen-bond donors (Lipinski definition) is 0. The molecule has 0 N–H and O–H groups in total. The molecule has 0 rings (SSSR count). The molecule has 0 radical (unpaired) electrons. The molecule has 0 atom stereocenters. The average molecular weight is 352 g/mol. The lowest BCUT2D eigenvalue weighted by atomic mass is 10.0. The van der Waals surface area contributed by atoms with Gasteiger partial charge in [0.25, 0.3) is 0 Å². The molecule has 0 aromatic heterocycles. The van der Waals surface area contributed by atoms with E-state index in [-0.39, 0.29) is 0 Å². The first kappa shape index (κ1) is 19.1. The summed E-state index contributed by atoms with van der Waals surface area (Å²) in [6.07, 6.45) is -7.43. The second kappa shape index (κ2) is 4.30. The Kier molecular flexibility index (Phi) is 4.11. The molecule has 0 aliphatic carbocycles. The van der Waals surface area contributed by atoms with Crippen LogP contribution in [-0.4, -0.2) is 37.6 Å². The van der Waals surface area contributed by atoms with Crippen LogP contribution in [0.5, 0.6) is 0 Å². The van der Waals surface area contributed by atoms with Crippen LogP contribution >= 0.6 is 0 Å². The monoisotopic (exact) mass is 352 g/mol. The fraction of sp³-hybridized carbons (Fsp3) is 1.00. The van der Waals surface area contributed by atoms with E-state index >= 15 is 0 Å². The van der Waals surface area contributed by atoms with E-state index in [1.807, 2.05) is 0 Å². The number of rotatable bonds is 4. The van der Waals surface area contributed by atoms with Crippen molar-refractivity contribution in [3.63, 3.8) is 0 Å². The molecule has 0 saturated carbocycles. The third-order valence-corrected chi connectivity index (χ3v) is 2.69. The van der Waals surface area contributed by atoms with Crippen LogP contribution in [-0.2, 0) is 10.2 Å². The first-order chi connectivity index (χ1) is 8.25. The summed E-state index contributed by atoms with van der Waals surface area (Å²) < 4.78 is 164. The van der Waals surface area contributed by atoms with Crippen molar-refractivity contribution in [2.75, 3.05) is 0 Å². The summed E-state index contributed by atoms with van der Waals surface area (Å²) in [5.74, 6) is -23.6. The lowest BCUT2D eigenvalue weighted by molar-refractivity contribution is -0.413. The van der Waals surface area contributed by atoms with Crippen LogP contribution in [0.3, 0.4) is 0 Å². The highest BCUT2D eigenvalue weighted by molar-refractivity contribution is 7.87. The average Bonchev–Trinajstić information content (AvgIpc) is 2.12. The topological polar surface area (TPSA) is 34.1 Å². The van der Waals surface area contributed by atoms with Gasteiger partial charge in [0.15, 0.2) is 0 Å². The maximum atomic E-state index is 12.4. The maximum absolute atomic E-state index is 12.4. The summed E-state index contributed by atoms with van der Waals surface area (Å²) in [6, 6.07) is 0. The second-order valence-corrected chi connectivity index (χ2v) is 4.56. The van der Waals surface area contributed by atoms with Crippen molar-refractivity contribution in [2.45, 2.75) is 29.2 Å². The fourth-order valence-corrected chi connectivity index (χ4v) is 1.15. The lowest BCUT2D eigenvalue weighted by Crippen LogP contribution is -2.67.